The van der Waals surface area contributed by atoms with Gasteiger partial charge >= 0.3 is 5.97 Å². The summed E-state index contributed by atoms with van der Waals surface area (Å²) in [7, 11) is 0. The number of nitrogens with one attached hydrogen (secondary N) is 1. The average Bonchev–Trinajstić information content (AvgIpc) is 2.86. The number of amides is 1. The van der Waals surface area contributed by atoms with E-state index in [1.54, 1.807) is 29.4 Å². The van der Waals surface area contributed by atoms with Gasteiger partial charge in [0.2, 0.25) is 17.2 Å². The van der Waals surface area contributed by atoms with Gasteiger partial charge in [-0.2, -0.15) is 4.31 Å². The Bertz CT molecular complexity index is 1250. The van der Waals surface area contributed by atoms with E-state index >= 15 is 0 Å². The number of carbonyl (C=O) groups is 2. The van der Waals surface area contributed by atoms with Crippen molar-refractivity contribution < 1.29 is 23.5 Å². The Hall–Kier alpha value is -1.97. The zero-order chi connectivity index (χ0) is 29.2. The number of piperidine rings is 1. The van der Waals surface area contributed by atoms with Crippen molar-refractivity contribution in [1.82, 2.24) is 9.62 Å². The van der Waals surface area contributed by atoms with Gasteiger partial charge in [0, 0.05) is 27.5 Å². The number of carbonyl (C=O) groups excluding carboxylic acids is 1. The van der Waals surface area contributed by atoms with E-state index in [9.17, 15) is 23.5 Å². The fourth-order valence-corrected chi connectivity index (χ4v) is 8.08. The van der Waals surface area contributed by atoms with Crippen LogP contribution in [0.3, 0.4) is 0 Å². The van der Waals surface area contributed by atoms with Gasteiger partial charge in [0.15, 0.2) is 0 Å². The quantitative estimate of drug-likeness (QED) is 0.238. The Morgan fingerprint density at radius 1 is 1.18 bits per heavy atom. The topological polar surface area (TPSA) is 107 Å². The number of hydrogen-bond donors (Lipinski definition) is 3. The maximum atomic E-state index is 13.4. The summed E-state index contributed by atoms with van der Waals surface area (Å²) >= 11 is 10.3. The minimum atomic E-state index is -2.22. The molecule has 1 heterocycles. The Morgan fingerprint density at radius 2 is 1.85 bits per heavy atom. The fraction of sp³-hybridized carbons (Fsp3) is 0.533. The van der Waals surface area contributed by atoms with Crippen LogP contribution >= 0.6 is 23.2 Å². The van der Waals surface area contributed by atoms with Crippen molar-refractivity contribution in [2.45, 2.75) is 89.3 Å². The molecule has 218 valence electrons. The molecule has 4 rings (SSSR count). The van der Waals surface area contributed by atoms with Gasteiger partial charge in [0.05, 0.1) is 17.9 Å². The second-order valence-electron chi connectivity index (χ2n) is 11.8. The maximum absolute atomic E-state index is 13.4. The van der Waals surface area contributed by atoms with Crippen molar-refractivity contribution in [2.24, 2.45) is 11.3 Å². The number of carboxylic acids is 1. The molecule has 2 aliphatic rings. The number of carboxylic acid groups (broad SMARTS) is 1. The number of aliphatic carboxylic acids is 1. The van der Waals surface area contributed by atoms with Crippen LogP contribution in [0.2, 0.25) is 10.0 Å². The van der Waals surface area contributed by atoms with Gasteiger partial charge in [-0.15, -0.1) is 0 Å². The highest BCUT2D eigenvalue weighted by atomic mass is 35.5. The first-order chi connectivity index (χ1) is 18.9. The summed E-state index contributed by atoms with van der Waals surface area (Å²) in [6.45, 7) is 5.80. The fourth-order valence-electron chi connectivity index (χ4n) is 6.69. The van der Waals surface area contributed by atoms with Gasteiger partial charge < -0.3 is 10.4 Å². The zero-order valence-electron chi connectivity index (χ0n) is 23.1. The predicted octanol–water partition coefficient (Wildman–Crippen LogP) is 6.99. The first-order valence-corrected chi connectivity index (χ1v) is 15.6. The SMILES string of the molecule is CCC1(N(C(CC(C)C2NC(=O)C(C)(CC(=O)O)CC2c2cccc(Cl)c2)c2ccc(Cl)cc2)S(=O)O)CCC1. The van der Waals surface area contributed by atoms with Crippen LogP contribution in [-0.4, -0.2) is 41.6 Å². The lowest BCUT2D eigenvalue weighted by atomic mass is 9.66. The van der Waals surface area contributed by atoms with Crippen LogP contribution in [0.1, 0.15) is 88.8 Å². The highest BCUT2D eigenvalue weighted by molar-refractivity contribution is 7.76. The summed E-state index contributed by atoms with van der Waals surface area (Å²) in [5.74, 6) is -1.65. The molecule has 0 spiro atoms. The molecule has 2 aromatic carbocycles. The first-order valence-electron chi connectivity index (χ1n) is 13.8. The highest BCUT2D eigenvalue weighted by Gasteiger charge is 2.50. The molecule has 1 saturated heterocycles. The molecule has 0 aromatic heterocycles. The van der Waals surface area contributed by atoms with Crippen LogP contribution in [0.5, 0.6) is 0 Å². The second-order valence-corrected chi connectivity index (χ2v) is 13.5. The van der Waals surface area contributed by atoms with Crippen LogP contribution in [0.15, 0.2) is 48.5 Å². The van der Waals surface area contributed by atoms with Crippen molar-refractivity contribution in [3.8, 4) is 0 Å². The highest BCUT2D eigenvalue weighted by Crippen LogP contribution is 2.49. The Kier molecular flexibility index (Phi) is 9.67. The molecule has 2 aromatic rings. The van der Waals surface area contributed by atoms with Crippen LogP contribution in [0.25, 0.3) is 0 Å². The lowest BCUT2D eigenvalue weighted by molar-refractivity contribution is -0.147. The molecular formula is C30H38Cl2N2O5S. The van der Waals surface area contributed by atoms with Crippen LogP contribution in [0, 0.1) is 11.3 Å². The third-order valence-electron chi connectivity index (χ3n) is 9.09. The third kappa shape index (κ3) is 6.41. The second kappa shape index (κ2) is 12.5. The average molecular weight is 610 g/mol. The van der Waals surface area contributed by atoms with Gasteiger partial charge in [0.25, 0.3) is 0 Å². The summed E-state index contributed by atoms with van der Waals surface area (Å²) in [5.41, 5.74) is 0.346. The molecule has 1 aliphatic carbocycles. The Labute approximate surface area is 249 Å². The summed E-state index contributed by atoms with van der Waals surface area (Å²) in [6, 6.07) is 14.1. The molecule has 2 fully saturated rings. The van der Waals surface area contributed by atoms with Crippen molar-refractivity contribution in [3.63, 3.8) is 0 Å². The number of nitrogens with zero attached hydrogens (tertiary/aromatic N) is 1. The normalized spacial score (nSPS) is 26.4. The van der Waals surface area contributed by atoms with Crippen LogP contribution in [-0.2, 0) is 20.9 Å². The molecule has 1 saturated carbocycles. The van der Waals surface area contributed by atoms with Gasteiger partial charge in [0.1, 0.15) is 0 Å². The lowest BCUT2D eigenvalue weighted by Crippen LogP contribution is -2.58. The van der Waals surface area contributed by atoms with Gasteiger partial charge in [-0.25, -0.2) is 4.21 Å². The zero-order valence-corrected chi connectivity index (χ0v) is 25.4. The molecule has 6 atom stereocenters. The number of halogens is 2. The van der Waals surface area contributed by atoms with Crippen LogP contribution < -0.4 is 5.32 Å². The molecule has 0 bridgehead atoms. The molecule has 7 nitrogen and oxygen atoms in total. The van der Waals surface area contributed by atoms with Gasteiger partial charge in [-0.1, -0.05) is 68.2 Å². The van der Waals surface area contributed by atoms with Crippen LogP contribution in [0.4, 0.5) is 0 Å². The Morgan fingerprint density at radius 3 is 2.38 bits per heavy atom. The summed E-state index contributed by atoms with van der Waals surface area (Å²) in [5, 5.41) is 13.9. The summed E-state index contributed by atoms with van der Waals surface area (Å²) in [6.07, 6.45) is 3.99. The number of benzene rings is 2. The number of rotatable bonds is 11. The minimum absolute atomic E-state index is 0.136. The monoisotopic (exact) mass is 608 g/mol. The van der Waals surface area contributed by atoms with Crippen molar-refractivity contribution in [2.75, 3.05) is 0 Å². The van der Waals surface area contributed by atoms with E-state index in [0.29, 0.717) is 22.9 Å². The van der Waals surface area contributed by atoms with Gasteiger partial charge in [-0.05, 0) is 79.8 Å². The Balaban J connectivity index is 1.73. The van der Waals surface area contributed by atoms with E-state index in [-0.39, 0.29) is 35.7 Å². The molecular weight excluding hydrogens is 571 g/mol. The third-order valence-corrected chi connectivity index (χ3v) is 10.6. The number of hydrogen-bond acceptors (Lipinski definition) is 3. The molecule has 10 heteroatoms. The molecule has 40 heavy (non-hydrogen) atoms. The first kappa shape index (κ1) is 31.0. The standard InChI is InChI=1S/C30H38Cl2N2O5S/c1-4-30(13-6-14-30)34(40(38)39)25(20-9-11-22(31)12-10-20)15-19(2)27-24(21-7-5-8-23(32)16-21)17-29(3,18-26(35)36)28(37)33-27/h5,7-12,16,19,24-25,27H,4,6,13-15,17-18H2,1-3H3,(H,33,37)(H,35,36)(H,38,39). The summed E-state index contributed by atoms with van der Waals surface area (Å²) in [4.78, 5) is 25.1. The van der Waals surface area contributed by atoms with Crippen molar-refractivity contribution in [1.29, 1.82) is 0 Å². The van der Waals surface area contributed by atoms with E-state index in [1.807, 2.05) is 37.3 Å². The van der Waals surface area contributed by atoms with E-state index in [4.69, 9.17) is 23.2 Å². The lowest BCUT2D eigenvalue weighted by Gasteiger charge is -2.52. The molecule has 1 aliphatic heterocycles. The van der Waals surface area contributed by atoms with Gasteiger partial charge in [-0.3, -0.25) is 14.1 Å². The molecule has 6 unspecified atom stereocenters. The van der Waals surface area contributed by atoms with E-state index in [0.717, 1.165) is 36.8 Å². The maximum Gasteiger partial charge on any atom is 0.304 e. The van der Waals surface area contributed by atoms with E-state index in [1.165, 1.54) is 0 Å². The summed E-state index contributed by atoms with van der Waals surface area (Å²) < 4.78 is 25.4. The molecule has 0 radical (unpaired) electrons. The van der Waals surface area contributed by atoms with Crippen molar-refractivity contribution in [3.05, 3.63) is 69.7 Å². The van der Waals surface area contributed by atoms with E-state index < -0.39 is 28.7 Å². The molecule has 3 N–H and O–H groups in total. The molecule has 1 amide bonds. The smallest absolute Gasteiger partial charge is 0.304 e. The largest absolute Gasteiger partial charge is 0.481 e. The van der Waals surface area contributed by atoms with Crippen molar-refractivity contribution >= 4 is 46.3 Å². The minimum Gasteiger partial charge on any atom is -0.481 e. The predicted molar refractivity (Wildman–Crippen MR) is 159 cm³/mol. The van der Waals surface area contributed by atoms with E-state index in [2.05, 4.69) is 12.2 Å².